The molecule has 3 rings (SSSR count). The molecule has 110 valence electrons. The molecule has 0 amide bonds. The van der Waals surface area contributed by atoms with Gasteiger partial charge in [-0.3, -0.25) is 4.98 Å². The third kappa shape index (κ3) is 2.66. The number of aromatic nitrogens is 1. The summed E-state index contributed by atoms with van der Waals surface area (Å²) in [5, 5.41) is 0. The second kappa shape index (κ2) is 6.04. The minimum absolute atomic E-state index is 0.345. The molecule has 1 saturated heterocycles. The number of nitrogen functional groups attached to an aromatic ring is 1. The van der Waals surface area contributed by atoms with Gasteiger partial charge < -0.3 is 15.4 Å². The molecule has 4 heteroatoms. The number of nitrogens with zero attached hydrogens (tertiary/aromatic N) is 2. The van der Waals surface area contributed by atoms with E-state index >= 15 is 0 Å². The lowest BCUT2D eigenvalue weighted by atomic mass is 10.1. The quantitative estimate of drug-likeness (QED) is 0.874. The third-order valence-corrected chi connectivity index (χ3v) is 3.97. The summed E-state index contributed by atoms with van der Waals surface area (Å²) in [4.78, 5) is 6.61. The van der Waals surface area contributed by atoms with Gasteiger partial charge in [0.15, 0.2) is 0 Å². The average Bonchev–Trinajstić information content (AvgIpc) is 3.00. The molecule has 0 radical (unpaired) electrons. The Morgan fingerprint density at radius 3 is 3.00 bits per heavy atom. The molecule has 1 aliphatic heterocycles. The molecule has 1 aromatic heterocycles. The first-order chi connectivity index (χ1) is 10.3. The fourth-order valence-electron chi connectivity index (χ4n) is 3.04. The van der Waals surface area contributed by atoms with Crippen molar-refractivity contribution in [2.24, 2.45) is 0 Å². The van der Waals surface area contributed by atoms with Crippen molar-refractivity contribution in [2.45, 2.75) is 25.8 Å². The lowest BCUT2D eigenvalue weighted by Gasteiger charge is -2.28. The molecule has 2 aromatic rings. The van der Waals surface area contributed by atoms with Crippen molar-refractivity contribution in [1.29, 1.82) is 0 Å². The first-order valence-electron chi connectivity index (χ1n) is 7.49. The summed E-state index contributed by atoms with van der Waals surface area (Å²) in [6, 6.07) is 10.5. The Labute approximate surface area is 125 Å². The number of rotatable bonds is 4. The van der Waals surface area contributed by atoms with Gasteiger partial charge in [-0.05, 0) is 43.5 Å². The molecular weight excluding hydrogens is 262 g/mol. The zero-order valence-corrected chi connectivity index (χ0v) is 12.3. The first kappa shape index (κ1) is 13.7. The number of benzene rings is 1. The van der Waals surface area contributed by atoms with Gasteiger partial charge >= 0.3 is 0 Å². The average molecular weight is 283 g/mol. The highest BCUT2D eigenvalue weighted by molar-refractivity contribution is 5.75. The maximum Gasteiger partial charge on any atom is 0.144 e. The lowest BCUT2D eigenvalue weighted by Crippen LogP contribution is -2.23. The molecule has 0 aliphatic carbocycles. The summed E-state index contributed by atoms with van der Waals surface area (Å²) in [6.45, 7) is 3.61. The van der Waals surface area contributed by atoms with Crippen LogP contribution >= 0.6 is 0 Å². The topological polar surface area (TPSA) is 51.4 Å². The van der Waals surface area contributed by atoms with E-state index in [0.717, 1.165) is 36.5 Å². The number of anilines is 2. The van der Waals surface area contributed by atoms with Crippen LogP contribution in [-0.2, 0) is 0 Å². The van der Waals surface area contributed by atoms with Crippen molar-refractivity contribution < 1.29 is 4.74 Å². The number of pyridine rings is 1. The van der Waals surface area contributed by atoms with Gasteiger partial charge in [0.05, 0.1) is 24.0 Å². The lowest BCUT2D eigenvalue weighted by molar-refractivity contribution is 0.342. The van der Waals surface area contributed by atoms with Crippen molar-refractivity contribution in [1.82, 2.24) is 4.98 Å². The van der Waals surface area contributed by atoms with E-state index in [1.165, 1.54) is 5.56 Å². The van der Waals surface area contributed by atoms with E-state index in [9.17, 15) is 0 Å². The van der Waals surface area contributed by atoms with Crippen LogP contribution in [0.2, 0.25) is 0 Å². The zero-order valence-electron chi connectivity index (χ0n) is 12.3. The molecule has 1 aliphatic rings. The van der Waals surface area contributed by atoms with Crippen LogP contribution in [-0.4, -0.2) is 18.1 Å². The van der Waals surface area contributed by atoms with E-state index in [-0.39, 0.29) is 0 Å². The molecule has 0 spiro atoms. The third-order valence-electron chi connectivity index (χ3n) is 3.97. The second-order valence-corrected chi connectivity index (χ2v) is 5.26. The molecular formula is C17H21N3O. The van der Waals surface area contributed by atoms with E-state index in [1.54, 1.807) is 0 Å². The van der Waals surface area contributed by atoms with Gasteiger partial charge in [0.25, 0.3) is 0 Å². The SMILES string of the molecule is CCOc1cccc(N2CCCC2c2cccnc2)c1N. The van der Waals surface area contributed by atoms with Gasteiger partial charge in [0, 0.05) is 18.9 Å². The maximum atomic E-state index is 6.31. The second-order valence-electron chi connectivity index (χ2n) is 5.26. The van der Waals surface area contributed by atoms with Crippen LogP contribution in [0.1, 0.15) is 31.4 Å². The fraction of sp³-hybridized carbons (Fsp3) is 0.353. The molecule has 1 fully saturated rings. The Morgan fingerprint density at radius 2 is 2.24 bits per heavy atom. The first-order valence-corrected chi connectivity index (χ1v) is 7.49. The summed E-state index contributed by atoms with van der Waals surface area (Å²) < 4.78 is 5.61. The summed E-state index contributed by atoms with van der Waals surface area (Å²) in [5.74, 6) is 0.770. The molecule has 4 nitrogen and oxygen atoms in total. The molecule has 0 bridgehead atoms. The van der Waals surface area contributed by atoms with Gasteiger partial charge in [-0.2, -0.15) is 0 Å². The molecule has 1 aromatic carbocycles. The van der Waals surface area contributed by atoms with Crippen molar-refractivity contribution in [3.63, 3.8) is 0 Å². The smallest absolute Gasteiger partial charge is 0.144 e. The number of hydrogen-bond acceptors (Lipinski definition) is 4. The number of ether oxygens (including phenoxy) is 1. The molecule has 1 unspecified atom stereocenters. The van der Waals surface area contributed by atoms with E-state index in [1.807, 2.05) is 37.5 Å². The highest BCUT2D eigenvalue weighted by Gasteiger charge is 2.28. The van der Waals surface area contributed by atoms with E-state index in [4.69, 9.17) is 10.5 Å². The van der Waals surface area contributed by atoms with Gasteiger partial charge in [-0.25, -0.2) is 0 Å². The number of hydrogen-bond donors (Lipinski definition) is 1. The monoisotopic (exact) mass is 283 g/mol. The van der Waals surface area contributed by atoms with Crippen LogP contribution < -0.4 is 15.4 Å². The van der Waals surface area contributed by atoms with Crippen LogP contribution in [0.5, 0.6) is 5.75 Å². The number of nitrogens with two attached hydrogens (primary N) is 1. The predicted octanol–water partition coefficient (Wildman–Crippen LogP) is 3.40. The van der Waals surface area contributed by atoms with Crippen molar-refractivity contribution in [3.8, 4) is 5.75 Å². The zero-order chi connectivity index (χ0) is 14.7. The van der Waals surface area contributed by atoms with Crippen LogP contribution in [0.15, 0.2) is 42.7 Å². The van der Waals surface area contributed by atoms with Gasteiger partial charge in [-0.1, -0.05) is 12.1 Å². The normalized spacial score (nSPS) is 18.0. The van der Waals surface area contributed by atoms with Crippen molar-refractivity contribution >= 4 is 11.4 Å². The van der Waals surface area contributed by atoms with Crippen molar-refractivity contribution in [3.05, 3.63) is 48.3 Å². The Kier molecular flexibility index (Phi) is 3.95. The van der Waals surface area contributed by atoms with E-state index in [0.29, 0.717) is 12.6 Å². The summed E-state index contributed by atoms with van der Waals surface area (Å²) in [6.07, 6.45) is 6.06. The van der Waals surface area contributed by atoms with Crippen LogP contribution in [0.25, 0.3) is 0 Å². The molecule has 2 N–H and O–H groups in total. The maximum absolute atomic E-state index is 6.31. The summed E-state index contributed by atoms with van der Waals surface area (Å²) in [5.41, 5.74) is 9.35. The Morgan fingerprint density at radius 1 is 1.33 bits per heavy atom. The minimum atomic E-state index is 0.345. The molecule has 2 heterocycles. The largest absolute Gasteiger partial charge is 0.492 e. The Bertz CT molecular complexity index is 600. The van der Waals surface area contributed by atoms with Gasteiger partial charge in [-0.15, -0.1) is 0 Å². The van der Waals surface area contributed by atoms with Crippen LogP contribution in [0, 0.1) is 0 Å². The fourth-order valence-corrected chi connectivity index (χ4v) is 3.04. The Hall–Kier alpha value is -2.23. The van der Waals surface area contributed by atoms with E-state index in [2.05, 4.69) is 22.0 Å². The Balaban J connectivity index is 1.94. The highest BCUT2D eigenvalue weighted by Crippen LogP contribution is 2.41. The van der Waals surface area contributed by atoms with Gasteiger partial charge in [0.2, 0.25) is 0 Å². The summed E-state index contributed by atoms with van der Waals surface area (Å²) in [7, 11) is 0. The highest BCUT2D eigenvalue weighted by atomic mass is 16.5. The van der Waals surface area contributed by atoms with Crippen LogP contribution in [0.4, 0.5) is 11.4 Å². The number of para-hydroxylation sites is 1. The molecule has 21 heavy (non-hydrogen) atoms. The summed E-state index contributed by atoms with van der Waals surface area (Å²) >= 11 is 0. The minimum Gasteiger partial charge on any atom is -0.492 e. The van der Waals surface area contributed by atoms with Gasteiger partial charge in [0.1, 0.15) is 5.75 Å². The molecule has 1 atom stereocenters. The predicted molar refractivity (Wildman–Crippen MR) is 85.6 cm³/mol. The van der Waals surface area contributed by atoms with Crippen LogP contribution in [0.3, 0.4) is 0 Å². The molecule has 0 saturated carbocycles. The standard InChI is InChI=1S/C17H21N3O/c1-2-21-16-9-3-7-15(17(16)18)20-11-5-8-14(20)13-6-4-10-19-12-13/h3-4,6-7,9-10,12,14H,2,5,8,11,18H2,1H3. The van der Waals surface area contributed by atoms with E-state index < -0.39 is 0 Å². The van der Waals surface area contributed by atoms with Crippen molar-refractivity contribution in [2.75, 3.05) is 23.8 Å².